The third-order valence-electron chi connectivity index (χ3n) is 4.88. The fourth-order valence-corrected chi connectivity index (χ4v) is 3.51. The molecule has 1 saturated heterocycles. The van der Waals surface area contributed by atoms with Gasteiger partial charge in [-0.3, -0.25) is 4.90 Å². The van der Waals surface area contributed by atoms with Gasteiger partial charge in [0.15, 0.2) is 0 Å². The molecule has 112 valence electrons. The van der Waals surface area contributed by atoms with Crippen LogP contribution in [0.5, 0.6) is 0 Å². The zero-order valence-corrected chi connectivity index (χ0v) is 13.5. The van der Waals surface area contributed by atoms with Crippen molar-refractivity contribution in [3.63, 3.8) is 0 Å². The zero-order chi connectivity index (χ0) is 14.7. The molecule has 1 fully saturated rings. The molecule has 2 N–H and O–H groups in total. The second-order valence-corrected chi connectivity index (χ2v) is 6.61. The number of hydrogen-bond donors (Lipinski definition) is 1. The van der Waals surface area contributed by atoms with Crippen molar-refractivity contribution in [2.75, 3.05) is 13.1 Å². The van der Waals surface area contributed by atoms with Crippen LogP contribution in [0.4, 0.5) is 0 Å². The predicted octanol–water partition coefficient (Wildman–Crippen LogP) is 3.81. The van der Waals surface area contributed by atoms with Gasteiger partial charge in [0.1, 0.15) is 0 Å². The molecular weight excluding hydrogens is 244 g/mol. The second kappa shape index (κ2) is 6.73. The number of likely N-dealkylation sites (tertiary alicyclic amines) is 1. The van der Waals surface area contributed by atoms with Crippen molar-refractivity contribution in [1.82, 2.24) is 4.90 Å². The average Bonchev–Trinajstić information content (AvgIpc) is 2.64. The lowest BCUT2D eigenvalue weighted by molar-refractivity contribution is 0.121. The van der Waals surface area contributed by atoms with E-state index >= 15 is 0 Å². The molecule has 0 spiro atoms. The zero-order valence-electron chi connectivity index (χ0n) is 13.5. The third kappa shape index (κ3) is 3.24. The van der Waals surface area contributed by atoms with E-state index in [-0.39, 0.29) is 0 Å². The van der Waals surface area contributed by atoms with Crippen molar-refractivity contribution in [3.8, 4) is 0 Å². The molecule has 0 bridgehead atoms. The fourth-order valence-electron chi connectivity index (χ4n) is 3.51. The first-order valence-corrected chi connectivity index (χ1v) is 8.07. The fraction of sp³-hybridized carbons (Fsp3) is 0.667. The molecule has 2 nitrogen and oxygen atoms in total. The van der Waals surface area contributed by atoms with E-state index in [0.29, 0.717) is 18.0 Å². The summed E-state index contributed by atoms with van der Waals surface area (Å²) in [6.45, 7) is 11.0. The highest BCUT2D eigenvalue weighted by atomic mass is 15.2. The lowest BCUT2D eigenvalue weighted by atomic mass is 9.87. The summed E-state index contributed by atoms with van der Waals surface area (Å²) >= 11 is 0. The van der Waals surface area contributed by atoms with Gasteiger partial charge in [0.2, 0.25) is 0 Å². The van der Waals surface area contributed by atoms with Crippen molar-refractivity contribution >= 4 is 0 Å². The number of nitrogens with zero attached hydrogens (tertiary/aromatic N) is 1. The van der Waals surface area contributed by atoms with Gasteiger partial charge < -0.3 is 5.73 Å². The topological polar surface area (TPSA) is 29.3 Å². The summed E-state index contributed by atoms with van der Waals surface area (Å²) in [6.07, 6.45) is 3.87. The van der Waals surface area contributed by atoms with Crippen molar-refractivity contribution < 1.29 is 0 Å². The third-order valence-corrected chi connectivity index (χ3v) is 4.88. The molecule has 2 heteroatoms. The minimum atomic E-state index is 0.488. The minimum Gasteiger partial charge on any atom is -0.330 e. The van der Waals surface area contributed by atoms with Crippen LogP contribution in [0, 0.1) is 19.8 Å². The van der Waals surface area contributed by atoms with Crippen molar-refractivity contribution in [2.45, 2.75) is 59.0 Å². The molecule has 0 saturated carbocycles. The van der Waals surface area contributed by atoms with E-state index in [0.717, 1.165) is 6.54 Å². The molecule has 0 amide bonds. The van der Waals surface area contributed by atoms with Gasteiger partial charge in [-0.25, -0.2) is 0 Å². The molecule has 0 aliphatic carbocycles. The summed E-state index contributed by atoms with van der Waals surface area (Å²) in [6, 6.07) is 8.03. The molecule has 2 atom stereocenters. The van der Waals surface area contributed by atoms with Gasteiger partial charge in [-0.05, 0) is 76.2 Å². The van der Waals surface area contributed by atoms with Crippen LogP contribution in [0.1, 0.15) is 55.8 Å². The molecule has 2 rings (SSSR count). The first-order valence-electron chi connectivity index (χ1n) is 8.07. The smallest absolute Gasteiger partial charge is 0.0391 e. The monoisotopic (exact) mass is 274 g/mol. The molecular formula is C18H30N2. The Morgan fingerprint density at radius 2 is 1.95 bits per heavy atom. The van der Waals surface area contributed by atoms with Crippen LogP contribution in [0.3, 0.4) is 0 Å². The van der Waals surface area contributed by atoms with Gasteiger partial charge >= 0.3 is 0 Å². The number of hydrogen-bond acceptors (Lipinski definition) is 2. The molecule has 1 aromatic rings. The van der Waals surface area contributed by atoms with Crippen molar-refractivity contribution in [1.29, 1.82) is 0 Å². The Morgan fingerprint density at radius 1 is 1.20 bits per heavy atom. The second-order valence-electron chi connectivity index (χ2n) is 6.61. The molecule has 0 aromatic heterocycles. The van der Waals surface area contributed by atoms with Gasteiger partial charge in [0, 0.05) is 12.1 Å². The maximum atomic E-state index is 6.10. The number of aryl methyl sites for hydroxylation is 2. The van der Waals surface area contributed by atoms with E-state index in [1.807, 2.05) is 0 Å². The maximum absolute atomic E-state index is 6.10. The highest BCUT2D eigenvalue weighted by Crippen LogP contribution is 2.36. The van der Waals surface area contributed by atoms with Crippen LogP contribution in [0.2, 0.25) is 0 Å². The lowest BCUT2D eigenvalue weighted by Gasteiger charge is -2.38. The van der Waals surface area contributed by atoms with Gasteiger partial charge in [0.05, 0.1) is 0 Å². The Morgan fingerprint density at radius 3 is 2.55 bits per heavy atom. The van der Waals surface area contributed by atoms with E-state index < -0.39 is 0 Å². The minimum absolute atomic E-state index is 0.488. The number of rotatable bonds is 3. The average molecular weight is 274 g/mol. The summed E-state index contributed by atoms with van der Waals surface area (Å²) in [5, 5.41) is 0. The molecule has 1 aliphatic rings. The van der Waals surface area contributed by atoms with Crippen LogP contribution >= 0.6 is 0 Å². The van der Waals surface area contributed by atoms with Crippen LogP contribution in [0.25, 0.3) is 0 Å². The summed E-state index contributed by atoms with van der Waals surface area (Å²) in [5.74, 6) is 0.585. The highest BCUT2D eigenvalue weighted by Gasteiger charge is 2.31. The predicted molar refractivity (Wildman–Crippen MR) is 86.9 cm³/mol. The first kappa shape index (κ1) is 15.5. The standard InChI is InChI=1S/C18H30N2/c1-13(2)20-10-6-5-7-17(12-19)18(20)16-9-8-14(3)15(4)11-16/h8-9,11,13,17-18H,5-7,10,12,19H2,1-4H3. The first-order chi connectivity index (χ1) is 9.54. The molecule has 1 aromatic carbocycles. The van der Waals surface area contributed by atoms with E-state index in [1.165, 1.54) is 42.5 Å². The van der Waals surface area contributed by atoms with Crippen molar-refractivity contribution in [2.24, 2.45) is 11.7 Å². The van der Waals surface area contributed by atoms with Gasteiger partial charge in [-0.15, -0.1) is 0 Å². The molecule has 1 aliphatic heterocycles. The van der Waals surface area contributed by atoms with Crippen LogP contribution < -0.4 is 5.73 Å². The normalized spacial score (nSPS) is 24.9. The summed E-state index contributed by atoms with van der Waals surface area (Å²) in [4.78, 5) is 2.66. The maximum Gasteiger partial charge on any atom is 0.0391 e. The Hall–Kier alpha value is -0.860. The molecule has 1 heterocycles. The summed E-state index contributed by atoms with van der Waals surface area (Å²) in [5.41, 5.74) is 10.3. The van der Waals surface area contributed by atoms with E-state index in [2.05, 4.69) is 50.8 Å². The Bertz CT molecular complexity index is 439. The molecule has 20 heavy (non-hydrogen) atoms. The van der Waals surface area contributed by atoms with Crippen molar-refractivity contribution in [3.05, 3.63) is 34.9 Å². The van der Waals surface area contributed by atoms with E-state index in [9.17, 15) is 0 Å². The molecule has 0 radical (unpaired) electrons. The molecule has 2 unspecified atom stereocenters. The lowest BCUT2D eigenvalue weighted by Crippen LogP contribution is -2.39. The highest BCUT2D eigenvalue weighted by molar-refractivity contribution is 5.32. The van der Waals surface area contributed by atoms with E-state index in [1.54, 1.807) is 0 Å². The SMILES string of the molecule is Cc1ccc(C2C(CN)CCCCN2C(C)C)cc1C. The summed E-state index contributed by atoms with van der Waals surface area (Å²) in [7, 11) is 0. The van der Waals surface area contributed by atoms with Gasteiger partial charge in [0.25, 0.3) is 0 Å². The number of nitrogens with two attached hydrogens (primary N) is 1. The quantitative estimate of drug-likeness (QED) is 0.908. The Kier molecular flexibility index (Phi) is 5.22. The van der Waals surface area contributed by atoms with Crippen LogP contribution in [-0.2, 0) is 0 Å². The summed E-state index contributed by atoms with van der Waals surface area (Å²) < 4.78 is 0. The van der Waals surface area contributed by atoms with Crippen LogP contribution in [0.15, 0.2) is 18.2 Å². The number of benzene rings is 1. The largest absolute Gasteiger partial charge is 0.330 e. The van der Waals surface area contributed by atoms with Gasteiger partial charge in [-0.2, -0.15) is 0 Å². The Labute approximate surface area is 124 Å². The van der Waals surface area contributed by atoms with E-state index in [4.69, 9.17) is 5.73 Å². The van der Waals surface area contributed by atoms with Gasteiger partial charge in [-0.1, -0.05) is 24.6 Å². The Balaban J connectivity index is 2.40. The van der Waals surface area contributed by atoms with Crippen LogP contribution in [-0.4, -0.2) is 24.0 Å².